The van der Waals surface area contributed by atoms with Gasteiger partial charge >= 0.3 is 0 Å². The van der Waals surface area contributed by atoms with E-state index in [2.05, 4.69) is 124 Å². The molecular weight excluding hydrogens is 587 g/mol. The van der Waals surface area contributed by atoms with E-state index < -0.39 is 0 Å². The van der Waals surface area contributed by atoms with E-state index in [1.54, 1.807) is 6.33 Å². The highest BCUT2D eigenvalue weighted by atomic mass is 15.2. The highest BCUT2D eigenvalue weighted by Crippen LogP contribution is 2.47. The number of para-hydroxylation sites is 3. The number of hydrogen-bond donors (Lipinski definition) is 0. The van der Waals surface area contributed by atoms with Crippen LogP contribution in [0.1, 0.15) is 5.56 Å². The Balaban J connectivity index is 1.33. The van der Waals surface area contributed by atoms with Gasteiger partial charge in [-0.25, -0.2) is 9.97 Å². The Morgan fingerprint density at radius 2 is 0.958 bits per heavy atom. The number of aromatic nitrogens is 2. The average molecular weight is 614 g/mol. The first-order valence-corrected chi connectivity index (χ1v) is 15.9. The van der Waals surface area contributed by atoms with E-state index in [0.29, 0.717) is 5.56 Å². The highest BCUT2D eigenvalue weighted by molar-refractivity contribution is 6.28. The van der Waals surface area contributed by atoms with Gasteiger partial charge in [-0.05, 0) is 94.3 Å². The predicted molar refractivity (Wildman–Crippen MR) is 197 cm³/mol. The molecule has 0 radical (unpaired) electrons. The van der Waals surface area contributed by atoms with Crippen molar-refractivity contribution < 1.29 is 0 Å². The molecule has 0 aliphatic carbocycles. The normalized spacial score (nSPS) is 11.3. The number of rotatable bonds is 6. The van der Waals surface area contributed by atoms with Crippen molar-refractivity contribution in [2.24, 2.45) is 0 Å². The standard InChI is InChI=1S/C43H27N5/c44-27-29-15-21-34(22-16-29)47(32-9-3-1-4-10-32)39-25-19-30-18-24-37-40(26-20-31-17-23-36(39)41(30)42(31)37)48(33-11-5-2-6-12-33)43-35-13-7-8-14-38(35)45-28-46-43/h1-26,28H. The van der Waals surface area contributed by atoms with Crippen LogP contribution in [0, 0.1) is 11.3 Å². The first-order valence-electron chi connectivity index (χ1n) is 15.9. The van der Waals surface area contributed by atoms with Crippen LogP contribution in [0.25, 0.3) is 43.2 Å². The summed E-state index contributed by atoms with van der Waals surface area (Å²) >= 11 is 0. The van der Waals surface area contributed by atoms with E-state index in [4.69, 9.17) is 4.98 Å². The molecule has 0 bridgehead atoms. The third-order valence-electron chi connectivity index (χ3n) is 9.12. The van der Waals surface area contributed by atoms with Crippen LogP contribution in [0.2, 0.25) is 0 Å². The molecule has 48 heavy (non-hydrogen) atoms. The summed E-state index contributed by atoms with van der Waals surface area (Å²) < 4.78 is 0. The maximum Gasteiger partial charge on any atom is 0.148 e. The van der Waals surface area contributed by atoms with Crippen molar-refractivity contribution in [3.8, 4) is 6.07 Å². The second-order valence-corrected chi connectivity index (χ2v) is 11.8. The molecule has 0 saturated carbocycles. The Morgan fingerprint density at radius 3 is 1.58 bits per heavy atom. The second-order valence-electron chi connectivity index (χ2n) is 11.8. The molecule has 224 valence electrons. The van der Waals surface area contributed by atoms with Crippen LogP contribution in [-0.4, -0.2) is 9.97 Å². The minimum atomic E-state index is 0.633. The summed E-state index contributed by atoms with van der Waals surface area (Å²) in [6, 6.07) is 56.8. The Labute approximate surface area is 277 Å². The minimum absolute atomic E-state index is 0.633. The molecule has 8 aromatic carbocycles. The van der Waals surface area contributed by atoms with E-state index in [1.807, 2.05) is 54.6 Å². The van der Waals surface area contributed by atoms with Gasteiger partial charge in [0.25, 0.3) is 0 Å². The van der Waals surface area contributed by atoms with E-state index in [9.17, 15) is 5.26 Å². The van der Waals surface area contributed by atoms with Crippen LogP contribution in [0.5, 0.6) is 0 Å². The van der Waals surface area contributed by atoms with Crippen LogP contribution >= 0.6 is 0 Å². The van der Waals surface area contributed by atoms with Crippen LogP contribution < -0.4 is 9.80 Å². The first-order chi connectivity index (χ1) is 23.8. The second kappa shape index (κ2) is 11.2. The van der Waals surface area contributed by atoms with E-state index in [1.165, 1.54) is 21.5 Å². The van der Waals surface area contributed by atoms with Gasteiger partial charge in [-0.3, -0.25) is 4.90 Å². The lowest BCUT2D eigenvalue weighted by Gasteiger charge is -2.29. The molecule has 0 spiro atoms. The summed E-state index contributed by atoms with van der Waals surface area (Å²) in [5.74, 6) is 0.832. The van der Waals surface area contributed by atoms with Gasteiger partial charge in [0.05, 0.1) is 28.5 Å². The number of benzene rings is 8. The quantitative estimate of drug-likeness (QED) is 0.175. The number of fused-ring (bicyclic) bond motifs is 1. The molecular formula is C43H27N5. The molecule has 0 aliphatic heterocycles. The molecule has 5 nitrogen and oxygen atoms in total. The zero-order valence-electron chi connectivity index (χ0n) is 25.8. The molecule has 0 fully saturated rings. The van der Waals surface area contributed by atoms with Gasteiger partial charge in [0.15, 0.2) is 0 Å². The third kappa shape index (κ3) is 4.39. The molecule has 9 rings (SSSR count). The van der Waals surface area contributed by atoms with E-state index in [-0.39, 0.29) is 0 Å². The van der Waals surface area contributed by atoms with Gasteiger partial charge in [0, 0.05) is 33.2 Å². The van der Waals surface area contributed by atoms with Gasteiger partial charge in [-0.15, -0.1) is 0 Å². The molecule has 1 heterocycles. The lowest BCUT2D eigenvalue weighted by molar-refractivity contribution is 1.15. The fraction of sp³-hybridized carbons (Fsp3) is 0. The number of anilines is 6. The molecule has 5 heteroatoms. The van der Waals surface area contributed by atoms with Crippen LogP contribution in [0.4, 0.5) is 34.3 Å². The van der Waals surface area contributed by atoms with E-state index >= 15 is 0 Å². The zero-order valence-corrected chi connectivity index (χ0v) is 25.8. The van der Waals surface area contributed by atoms with Crippen LogP contribution in [-0.2, 0) is 0 Å². The molecule has 0 N–H and O–H groups in total. The fourth-order valence-electron chi connectivity index (χ4n) is 6.97. The SMILES string of the molecule is N#Cc1ccc(N(c2ccccc2)c2ccc3ccc4c(N(c5ccccc5)c5ncnc6ccccc56)ccc5ccc2c3c54)cc1. The Bertz CT molecular complexity index is 2620. The van der Waals surface area contributed by atoms with E-state index in [0.717, 1.165) is 55.9 Å². The van der Waals surface area contributed by atoms with Gasteiger partial charge in [0.2, 0.25) is 0 Å². The smallest absolute Gasteiger partial charge is 0.148 e. The average Bonchev–Trinajstić information content (AvgIpc) is 3.16. The fourth-order valence-corrected chi connectivity index (χ4v) is 6.97. The summed E-state index contributed by atoms with van der Waals surface area (Å²) in [4.78, 5) is 14.0. The van der Waals surface area contributed by atoms with Gasteiger partial charge in [-0.1, -0.05) is 84.9 Å². The summed E-state index contributed by atoms with van der Waals surface area (Å²) in [5, 5.41) is 17.5. The first kappa shape index (κ1) is 27.5. The minimum Gasteiger partial charge on any atom is -0.310 e. The van der Waals surface area contributed by atoms with Crippen molar-refractivity contribution >= 4 is 77.5 Å². The van der Waals surface area contributed by atoms with Gasteiger partial charge in [-0.2, -0.15) is 5.26 Å². The van der Waals surface area contributed by atoms with Crippen molar-refractivity contribution in [1.82, 2.24) is 9.97 Å². The number of hydrogen-bond acceptors (Lipinski definition) is 5. The van der Waals surface area contributed by atoms with Crippen molar-refractivity contribution in [2.45, 2.75) is 0 Å². The van der Waals surface area contributed by atoms with Crippen molar-refractivity contribution in [2.75, 3.05) is 9.80 Å². The molecule has 9 aromatic rings. The molecule has 0 saturated heterocycles. The Hall–Kier alpha value is -6.77. The summed E-state index contributed by atoms with van der Waals surface area (Å²) in [6.45, 7) is 0. The number of nitriles is 1. The topological polar surface area (TPSA) is 56.1 Å². The monoisotopic (exact) mass is 613 g/mol. The lowest BCUT2D eigenvalue weighted by atomic mass is 9.91. The lowest BCUT2D eigenvalue weighted by Crippen LogP contribution is -2.13. The largest absolute Gasteiger partial charge is 0.310 e. The maximum atomic E-state index is 9.48. The molecule has 0 aliphatic rings. The van der Waals surface area contributed by atoms with Gasteiger partial charge in [0.1, 0.15) is 12.1 Å². The van der Waals surface area contributed by atoms with Crippen molar-refractivity contribution in [1.29, 1.82) is 5.26 Å². The Morgan fingerprint density at radius 1 is 0.438 bits per heavy atom. The molecule has 0 amide bonds. The van der Waals surface area contributed by atoms with Crippen molar-refractivity contribution in [3.05, 3.63) is 170 Å². The zero-order chi connectivity index (χ0) is 32.0. The number of nitrogens with zero attached hydrogens (tertiary/aromatic N) is 5. The maximum absolute atomic E-state index is 9.48. The summed E-state index contributed by atoms with van der Waals surface area (Å²) in [6.07, 6.45) is 1.65. The van der Waals surface area contributed by atoms with Crippen LogP contribution in [0.15, 0.2) is 164 Å². The summed E-state index contributed by atoms with van der Waals surface area (Å²) in [5.41, 5.74) is 6.70. The molecule has 0 atom stereocenters. The van der Waals surface area contributed by atoms with Crippen molar-refractivity contribution in [3.63, 3.8) is 0 Å². The molecule has 0 unspecified atom stereocenters. The third-order valence-corrected chi connectivity index (χ3v) is 9.12. The summed E-state index contributed by atoms with van der Waals surface area (Å²) in [7, 11) is 0. The predicted octanol–water partition coefficient (Wildman–Crippen LogP) is 11.3. The molecule has 1 aromatic heterocycles. The van der Waals surface area contributed by atoms with Gasteiger partial charge < -0.3 is 4.90 Å². The Kier molecular flexibility index (Phi) is 6.45. The van der Waals surface area contributed by atoms with Crippen LogP contribution in [0.3, 0.4) is 0 Å². The highest BCUT2D eigenvalue weighted by Gasteiger charge is 2.23.